The Balaban J connectivity index is 1.56. The Morgan fingerprint density at radius 1 is 0.974 bits per heavy atom. The van der Waals surface area contributed by atoms with Crippen molar-refractivity contribution < 1.29 is 34.2 Å². The third-order valence-corrected chi connectivity index (χ3v) is 5.77. The van der Waals surface area contributed by atoms with Crippen molar-refractivity contribution in [2.24, 2.45) is 5.73 Å². The first-order valence-electron chi connectivity index (χ1n) is 11.7. The number of aromatic nitrogens is 3. The van der Waals surface area contributed by atoms with Gasteiger partial charge in [-0.15, -0.1) is 0 Å². The molecule has 1 aromatic carbocycles. The zero-order valence-electron chi connectivity index (χ0n) is 20.3. The van der Waals surface area contributed by atoms with Gasteiger partial charge in [-0.05, 0) is 24.5 Å². The van der Waals surface area contributed by atoms with Gasteiger partial charge >= 0.3 is 11.9 Å². The Kier molecular flexibility index (Phi) is 9.54. The predicted octanol–water partition coefficient (Wildman–Crippen LogP) is -0.961. The highest BCUT2D eigenvalue weighted by molar-refractivity contribution is 5.93. The number of carbonyl (C=O) groups excluding carboxylic acids is 3. The number of amides is 3. The molecular weight excluding hydrogens is 498 g/mol. The average Bonchev–Trinajstić information content (AvgIpc) is 3.54. The maximum Gasteiger partial charge on any atom is 0.326 e. The fraction of sp³-hybridized carbons (Fsp3) is 0.333. The standard InChI is InChI=1S/C24H29N7O7/c25-16(7-13-9-27-17-4-2-1-3-15(13)17)22(35)31-18(5-6-21(33)34)23(36)28-11-20(32)30-19(24(37)38)8-14-10-26-12-29-14/h1-4,9-10,12,16,18-19,27H,5-8,11,25H2,(H,26,29)(H,28,36)(H,30,32)(H,31,35)(H,33,34)(H,37,38). The van der Waals surface area contributed by atoms with E-state index in [2.05, 4.69) is 30.9 Å². The minimum Gasteiger partial charge on any atom is -0.481 e. The Morgan fingerprint density at radius 3 is 2.42 bits per heavy atom. The molecule has 38 heavy (non-hydrogen) atoms. The van der Waals surface area contributed by atoms with Crippen LogP contribution in [0.1, 0.15) is 24.1 Å². The lowest BCUT2D eigenvalue weighted by atomic mass is 10.0. The normalized spacial score (nSPS) is 13.3. The second-order valence-corrected chi connectivity index (χ2v) is 8.62. The molecule has 3 unspecified atom stereocenters. The van der Waals surface area contributed by atoms with Crippen LogP contribution >= 0.6 is 0 Å². The van der Waals surface area contributed by atoms with Crippen molar-refractivity contribution in [3.63, 3.8) is 0 Å². The van der Waals surface area contributed by atoms with E-state index in [1.807, 2.05) is 24.3 Å². The summed E-state index contributed by atoms with van der Waals surface area (Å²) in [4.78, 5) is 69.9. The summed E-state index contributed by atoms with van der Waals surface area (Å²) in [5.74, 6) is -4.73. The van der Waals surface area contributed by atoms with Crippen LogP contribution in [0.4, 0.5) is 0 Å². The number of aliphatic carboxylic acids is 2. The highest BCUT2D eigenvalue weighted by Gasteiger charge is 2.26. The molecule has 14 heteroatoms. The van der Waals surface area contributed by atoms with Gasteiger partial charge < -0.3 is 41.9 Å². The number of nitrogens with two attached hydrogens (primary N) is 1. The third-order valence-electron chi connectivity index (χ3n) is 5.77. The lowest BCUT2D eigenvalue weighted by molar-refractivity contribution is -0.141. The second kappa shape index (κ2) is 13.0. The summed E-state index contributed by atoms with van der Waals surface area (Å²) in [5.41, 5.74) is 8.23. The molecular formula is C24H29N7O7. The van der Waals surface area contributed by atoms with Crippen molar-refractivity contribution in [3.05, 3.63) is 54.2 Å². The summed E-state index contributed by atoms with van der Waals surface area (Å²) in [5, 5.41) is 26.3. The SMILES string of the molecule is NC(Cc1c[nH]c2ccccc12)C(=O)NC(CCC(=O)O)C(=O)NCC(=O)NC(Cc1cnc[nH]1)C(=O)O. The van der Waals surface area contributed by atoms with E-state index in [-0.39, 0.29) is 19.3 Å². The highest BCUT2D eigenvalue weighted by Crippen LogP contribution is 2.18. The van der Waals surface area contributed by atoms with Crippen molar-refractivity contribution in [2.45, 2.75) is 43.8 Å². The average molecular weight is 528 g/mol. The lowest BCUT2D eigenvalue weighted by Crippen LogP contribution is -2.54. The number of carboxylic acids is 2. The number of fused-ring (bicyclic) bond motifs is 1. The van der Waals surface area contributed by atoms with E-state index in [0.717, 1.165) is 16.5 Å². The summed E-state index contributed by atoms with van der Waals surface area (Å²) in [6, 6.07) is 3.89. The fourth-order valence-corrected chi connectivity index (χ4v) is 3.80. The maximum atomic E-state index is 12.7. The number of H-pyrrole nitrogens is 2. The number of benzene rings is 1. The van der Waals surface area contributed by atoms with Crippen LogP contribution < -0.4 is 21.7 Å². The molecule has 3 aromatic rings. The van der Waals surface area contributed by atoms with Gasteiger partial charge in [-0.3, -0.25) is 19.2 Å². The monoisotopic (exact) mass is 527 g/mol. The van der Waals surface area contributed by atoms with Crippen LogP contribution in [0.15, 0.2) is 43.0 Å². The van der Waals surface area contributed by atoms with E-state index in [9.17, 15) is 29.1 Å². The molecule has 0 aliphatic heterocycles. The molecule has 2 aromatic heterocycles. The molecule has 0 saturated carbocycles. The highest BCUT2D eigenvalue weighted by atomic mass is 16.4. The molecule has 0 fully saturated rings. The summed E-state index contributed by atoms with van der Waals surface area (Å²) in [7, 11) is 0. The second-order valence-electron chi connectivity index (χ2n) is 8.62. The van der Waals surface area contributed by atoms with Gasteiger partial charge in [-0.2, -0.15) is 0 Å². The van der Waals surface area contributed by atoms with E-state index >= 15 is 0 Å². The van der Waals surface area contributed by atoms with E-state index in [1.54, 1.807) is 6.20 Å². The van der Waals surface area contributed by atoms with Gasteiger partial charge in [0.15, 0.2) is 0 Å². The number of hydrogen-bond donors (Lipinski definition) is 8. The molecule has 3 amide bonds. The Labute approximate surface area is 216 Å². The van der Waals surface area contributed by atoms with Crippen LogP contribution in [0.3, 0.4) is 0 Å². The molecule has 0 aliphatic rings. The van der Waals surface area contributed by atoms with Crippen LogP contribution in [0, 0.1) is 0 Å². The first-order chi connectivity index (χ1) is 18.1. The number of nitrogens with zero attached hydrogens (tertiary/aromatic N) is 1. The van der Waals surface area contributed by atoms with Crippen molar-refractivity contribution >= 4 is 40.6 Å². The van der Waals surface area contributed by atoms with Gasteiger partial charge in [0.05, 0.1) is 18.9 Å². The van der Waals surface area contributed by atoms with Gasteiger partial charge in [-0.25, -0.2) is 9.78 Å². The number of para-hydroxylation sites is 1. The largest absolute Gasteiger partial charge is 0.481 e. The number of aromatic amines is 2. The van der Waals surface area contributed by atoms with Crippen molar-refractivity contribution in [1.82, 2.24) is 30.9 Å². The van der Waals surface area contributed by atoms with Crippen LogP contribution in [0.5, 0.6) is 0 Å². The number of hydrogen-bond acceptors (Lipinski definition) is 7. The zero-order chi connectivity index (χ0) is 27.7. The number of rotatable bonds is 14. The van der Waals surface area contributed by atoms with Crippen molar-refractivity contribution in [2.75, 3.05) is 6.54 Å². The first-order valence-corrected chi connectivity index (χ1v) is 11.7. The van der Waals surface area contributed by atoms with E-state index in [0.29, 0.717) is 5.69 Å². The summed E-state index contributed by atoms with van der Waals surface area (Å²) >= 11 is 0. The van der Waals surface area contributed by atoms with Gasteiger partial charge in [0.2, 0.25) is 17.7 Å². The maximum absolute atomic E-state index is 12.7. The molecule has 3 rings (SSSR count). The fourth-order valence-electron chi connectivity index (χ4n) is 3.80. The summed E-state index contributed by atoms with van der Waals surface area (Å²) in [6.45, 7) is -0.591. The number of imidazole rings is 1. The molecule has 0 radical (unpaired) electrons. The number of carbonyl (C=O) groups is 5. The number of nitrogens with one attached hydrogen (secondary N) is 5. The quantitative estimate of drug-likeness (QED) is 0.129. The van der Waals surface area contributed by atoms with Gasteiger partial charge in [-0.1, -0.05) is 18.2 Å². The first kappa shape index (κ1) is 27.9. The molecule has 3 atom stereocenters. The zero-order valence-corrected chi connectivity index (χ0v) is 20.3. The van der Waals surface area contributed by atoms with Crippen LogP contribution in [-0.4, -0.2) is 79.5 Å². The smallest absolute Gasteiger partial charge is 0.326 e. The molecule has 0 bridgehead atoms. The van der Waals surface area contributed by atoms with Crippen LogP contribution in [0.2, 0.25) is 0 Å². The molecule has 0 spiro atoms. The molecule has 202 valence electrons. The van der Waals surface area contributed by atoms with Crippen molar-refractivity contribution in [3.8, 4) is 0 Å². The Hall–Kier alpha value is -4.72. The lowest BCUT2D eigenvalue weighted by Gasteiger charge is -2.20. The summed E-state index contributed by atoms with van der Waals surface area (Å²) in [6.07, 6.45) is 3.97. The minimum atomic E-state index is -1.28. The predicted molar refractivity (Wildman–Crippen MR) is 134 cm³/mol. The van der Waals surface area contributed by atoms with E-state index in [1.165, 1.54) is 12.5 Å². The molecule has 9 N–H and O–H groups in total. The van der Waals surface area contributed by atoms with Crippen molar-refractivity contribution in [1.29, 1.82) is 0 Å². The molecule has 2 heterocycles. The molecule has 0 saturated heterocycles. The van der Waals surface area contributed by atoms with Crippen LogP contribution in [-0.2, 0) is 36.8 Å². The topological polar surface area (TPSA) is 232 Å². The Morgan fingerprint density at radius 2 is 1.74 bits per heavy atom. The summed E-state index contributed by atoms with van der Waals surface area (Å²) < 4.78 is 0. The van der Waals surface area contributed by atoms with E-state index < -0.39 is 60.8 Å². The molecule has 0 aliphatic carbocycles. The molecule has 14 nitrogen and oxygen atoms in total. The Bertz CT molecular complexity index is 1290. The third kappa shape index (κ3) is 7.89. The minimum absolute atomic E-state index is 0.0549. The van der Waals surface area contributed by atoms with Gasteiger partial charge in [0, 0.05) is 41.8 Å². The van der Waals surface area contributed by atoms with Crippen LogP contribution in [0.25, 0.3) is 10.9 Å². The van der Waals surface area contributed by atoms with Gasteiger partial charge in [0.25, 0.3) is 0 Å². The number of carboxylic acid groups (broad SMARTS) is 2. The van der Waals surface area contributed by atoms with Gasteiger partial charge in [0.1, 0.15) is 12.1 Å². The van der Waals surface area contributed by atoms with E-state index in [4.69, 9.17) is 10.8 Å².